The van der Waals surface area contributed by atoms with E-state index in [4.69, 9.17) is 0 Å². The van der Waals surface area contributed by atoms with E-state index in [-0.39, 0.29) is 27.6 Å². The molecule has 5 saturated carbocycles. The fourth-order valence-electron chi connectivity index (χ4n) is 11.7. The minimum absolute atomic E-state index is 0.00606. The minimum Gasteiger partial charge on any atom is -0.481 e. The highest BCUT2D eigenvalue weighted by Gasteiger charge is 2.72. The van der Waals surface area contributed by atoms with Gasteiger partial charge in [0.15, 0.2) is 0 Å². The number of rotatable bonds is 2. The molecule has 5 rings (SSSR count). The first-order chi connectivity index (χ1) is 15.7. The van der Waals surface area contributed by atoms with Gasteiger partial charge in [0.1, 0.15) is 0 Å². The number of fused-ring (bicyclic) bond motifs is 7. The highest BCUT2D eigenvalue weighted by Crippen LogP contribution is 2.77. The van der Waals surface area contributed by atoms with Crippen LogP contribution in [0.1, 0.15) is 99.3 Å². The smallest absolute Gasteiger partial charge is 0.309 e. The third kappa shape index (κ3) is 2.76. The standard InChI is InChI=1S/C30H48O4/c1-17(2)18-10-13-30(25(33)34)15-14-28(6)19(23(18)30)8-9-22-27(5)16-20(31)24(32)26(3,4)21(27)11-12-29(22,28)7/h18-24,31-32H,1,8-16H2,2-7H3,(H,33,34)/t18-,19+,20-,21-,22+,23+,24+,27-,28+,29+,30-/m0/s1. The van der Waals surface area contributed by atoms with Crippen molar-refractivity contribution in [1.82, 2.24) is 0 Å². The second-order valence-electron chi connectivity index (χ2n) is 14.7. The second kappa shape index (κ2) is 7.34. The largest absolute Gasteiger partial charge is 0.481 e. The lowest BCUT2D eigenvalue weighted by Gasteiger charge is -2.73. The Morgan fingerprint density at radius 2 is 1.53 bits per heavy atom. The van der Waals surface area contributed by atoms with Crippen molar-refractivity contribution >= 4 is 5.97 Å². The molecular formula is C30H48O4. The molecule has 0 aromatic carbocycles. The molecule has 0 aromatic rings. The van der Waals surface area contributed by atoms with E-state index < -0.39 is 23.6 Å². The Hall–Kier alpha value is -0.870. The zero-order valence-corrected chi connectivity index (χ0v) is 22.4. The minimum atomic E-state index is -0.669. The summed E-state index contributed by atoms with van der Waals surface area (Å²) < 4.78 is 0. The molecule has 4 heteroatoms. The molecule has 0 saturated heterocycles. The predicted octanol–water partition coefficient (Wildman–Crippen LogP) is 6.06. The number of allylic oxidation sites excluding steroid dienone is 1. The van der Waals surface area contributed by atoms with Crippen molar-refractivity contribution in [1.29, 1.82) is 0 Å². The molecule has 0 bridgehead atoms. The van der Waals surface area contributed by atoms with Crippen LogP contribution in [0.15, 0.2) is 12.2 Å². The third-order valence-corrected chi connectivity index (χ3v) is 13.4. The van der Waals surface area contributed by atoms with Gasteiger partial charge in [-0.15, -0.1) is 0 Å². The molecule has 0 spiro atoms. The molecule has 5 aliphatic carbocycles. The highest BCUT2D eigenvalue weighted by atomic mass is 16.4. The van der Waals surface area contributed by atoms with E-state index >= 15 is 0 Å². The Morgan fingerprint density at radius 3 is 2.15 bits per heavy atom. The van der Waals surface area contributed by atoms with Gasteiger partial charge in [-0.2, -0.15) is 0 Å². The average molecular weight is 473 g/mol. The normalized spacial score (nSPS) is 55.9. The topological polar surface area (TPSA) is 77.8 Å². The van der Waals surface area contributed by atoms with E-state index in [1.807, 2.05) is 0 Å². The molecule has 0 amide bonds. The van der Waals surface area contributed by atoms with Gasteiger partial charge < -0.3 is 15.3 Å². The Morgan fingerprint density at radius 1 is 0.853 bits per heavy atom. The molecule has 0 aromatic heterocycles. The molecular weight excluding hydrogens is 424 g/mol. The quantitative estimate of drug-likeness (QED) is 0.427. The summed E-state index contributed by atoms with van der Waals surface area (Å²) in [5.41, 5.74) is 0.501. The Bertz CT molecular complexity index is 894. The molecule has 5 fully saturated rings. The van der Waals surface area contributed by atoms with E-state index in [1.54, 1.807) is 0 Å². The molecule has 0 heterocycles. The fourth-order valence-corrected chi connectivity index (χ4v) is 11.7. The van der Waals surface area contributed by atoms with Crippen LogP contribution in [0.25, 0.3) is 0 Å². The molecule has 5 aliphatic rings. The summed E-state index contributed by atoms with van der Waals surface area (Å²) in [6, 6.07) is 0. The van der Waals surface area contributed by atoms with Crippen molar-refractivity contribution in [2.24, 2.45) is 56.7 Å². The number of aliphatic carboxylic acids is 1. The van der Waals surface area contributed by atoms with Gasteiger partial charge in [-0.05, 0) is 116 Å². The zero-order chi connectivity index (χ0) is 25.1. The van der Waals surface area contributed by atoms with Gasteiger partial charge in [0.2, 0.25) is 0 Å². The second-order valence-corrected chi connectivity index (χ2v) is 14.7. The van der Waals surface area contributed by atoms with Crippen molar-refractivity contribution in [3.63, 3.8) is 0 Å². The van der Waals surface area contributed by atoms with Crippen LogP contribution in [0.2, 0.25) is 0 Å². The first-order valence-corrected chi connectivity index (χ1v) is 13.9. The van der Waals surface area contributed by atoms with Crippen LogP contribution in [0, 0.1) is 56.7 Å². The van der Waals surface area contributed by atoms with E-state index in [9.17, 15) is 20.1 Å². The van der Waals surface area contributed by atoms with Gasteiger partial charge in [0.05, 0.1) is 17.6 Å². The Kier molecular flexibility index (Phi) is 5.36. The van der Waals surface area contributed by atoms with E-state index in [0.717, 1.165) is 51.4 Å². The first kappa shape index (κ1) is 24.8. The number of hydrogen-bond donors (Lipinski definition) is 3. The van der Waals surface area contributed by atoms with Crippen molar-refractivity contribution < 1.29 is 20.1 Å². The summed E-state index contributed by atoms with van der Waals surface area (Å²) >= 11 is 0. The number of carboxylic acid groups (broad SMARTS) is 1. The summed E-state index contributed by atoms with van der Waals surface area (Å²) in [5.74, 6) is 1.24. The fraction of sp³-hybridized carbons (Fsp3) is 0.900. The van der Waals surface area contributed by atoms with Crippen LogP contribution in [0.5, 0.6) is 0 Å². The van der Waals surface area contributed by atoms with Crippen LogP contribution in [0.3, 0.4) is 0 Å². The van der Waals surface area contributed by atoms with Crippen molar-refractivity contribution in [3.8, 4) is 0 Å². The predicted molar refractivity (Wildman–Crippen MR) is 134 cm³/mol. The maximum atomic E-state index is 12.8. The molecule has 34 heavy (non-hydrogen) atoms. The lowest BCUT2D eigenvalue weighted by atomic mass is 9.32. The monoisotopic (exact) mass is 472 g/mol. The molecule has 11 atom stereocenters. The van der Waals surface area contributed by atoms with Crippen LogP contribution in [0.4, 0.5) is 0 Å². The van der Waals surface area contributed by atoms with Crippen LogP contribution in [-0.4, -0.2) is 33.5 Å². The lowest BCUT2D eigenvalue weighted by molar-refractivity contribution is -0.263. The van der Waals surface area contributed by atoms with Crippen LogP contribution >= 0.6 is 0 Å². The molecule has 0 aliphatic heterocycles. The molecule has 0 unspecified atom stereocenters. The first-order valence-electron chi connectivity index (χ1n) is 13.9. The maximum absolute atomic E-state index is 12.8. The SMILES string of the molecule is C=C(C)[C@@H]1CC[C@]2(C(=O)O)CC[C@]3(C)[C@H](CC[C@@H]4[C@@]5(C)C[C@H](O)[C@@H](O)C(C)(C)[C@@H]5CC[C@]43C)[C@@H]12. The van der Waals surface area contributed by atoms with Gasteiger partial charge in [0, 0.05) is 0 Å². The number of hydrogen-bond acceptors (Lipinski definition) is 3. The van der Waals surface area contributed by atoms with Gasteiger partial charge in [-0.25, -0.2) is 0 Å². The van der Waals surface area contributed by atoms with Gasteiger partial charge in [0.25, 0.3) is 0 Å². The number of carbonyl (C=O) groups is 1. The number of carboxylic acids is 1. The lowest BCUT2D eigenvalue weighted by Crippen LogP contribution is -2.68. The van der Waals surface area contributed by atoms with Crippen molar-refractivity contribution in [2.45, 2.75) is 112 Å². The number of aliphatic hydroxyl groups excluding tert-OH is 2. The maximum Gasteiger partial charge on any atom is 0.309 e. The van der Waals surface area contributed by atoms with Gasteiger partial charge in [-0.3, -0.25) is 4.79 Å². The summed E-state index contributed by atoms with van der Waals surface area (Å²) in [6.45, 7) is 18.2. The highest BCUT2D eigenvalue weighted by molar-refractivity contribution is 5.76. The Labute approximate surface area is 206 Å². The molecule has 192 valence electrons. The van der Waals surface area contributed by atoms with Crippen molar-refractivity contribution in [3.05, 3.63) is 12.2 Å². The van der Waals surface area contributed by atoms with Crippen LogP contribution < -0.4 is 0 Å². The van der Waals surface area contributed by atoms with Gasteiger partial charge in [-0.1, -0.05) is 46.8 Å². The Balaban J connectivity index is 1.57. The number of aliphatic hydroxyl groups is 2. The molecule has 3 N–H and O–H groups in total. The molecule has 0 radical (unpaired) electrons. The summed E-state index contributed by atoms with van der Waals surface area (Å²) in [4.78, 5) is 12.8. The summed E-state index contributed by atoms with van der Waals surface area (Å²) in [7, 11) is 0. The van der Waals surface area contributed by atoms with Crippen LogP contribution in [-0.2, 0) is 4.79 Å². The van der Waals surface area contributed by atoms with Crippen molar-refractivity contribution in [2.75, 3.05) is 0 Å². The zero-order valence-electron chi connectivity index (χ0n) is 22.4. The van der Waals surface area contributed by atoms with E-state index in [1.165, 1.54) is 5.57 Å². The van der Waals surface area contributed by atoms with E-state index in [0.29, 0.717) is 30.1 Å². The van der Waals surface area contributed by atoms with E-state index in [2.05, 4.69) is 48.1 Å². The third-order valence-electron chi connectivity index (χ3n) is 13.4. The van der Waals surface area contributed by atoms with Gasteiger partial charge >= 0.3 is 5.97 Å². The molecule has 4 nitrogen and oxygen atoms in total. The average Bonchev–Trinajstić information content (AvgIpc) is 3.14. The summed E-state index contributed by atoms with van der Waals surface area (Å²) in [6.07, 6.45) is 7.32. The summed E-state index contributed by atoms with van der Waals surface area (Å²) in [5, 5.41) is 32.4.